The monoisotopic (exact) mass is 447 g/mol. The quantitative estimate of drug-likeness (QED) is 0.519. The molecule has 1 N–H and O–H groups in total. The Morgan fingerprint density at radius 1 is 1.12 bits per heavy atom. The molecule has 2 unspecified atom stereocenters. The fraction of sp³-hybridized carbons (Fsp3) is 0.360. The van der Waals surface area contributed by atoms with Crippen LogP contribution in [0.15, 0.2) is 52.1 Å². The lowest BCUT2D eigenvalue weighted by Gasteiger charge is -2.27. The number of benzene rings is 2. The molecule has 6 nitrogen and oxygen atoms in total. The molecule has 0 radical (unpaired) electrons. The van der Waals surface area contributed by atoms with E-state index in [1.54, 1.807) is 7.11 Å². The number of hydrogen-bond acceptors (Lipinski definition) is 5. The van der Waals surface area contributed by atoms with Crippen molar-refractivity contribution >= 4 is 31.6 Å². The summed E-state index contributed by atoms with van der Waals surface area (Å²) in [7, 11) is 1.71. The molecule has 0 saturated carbocycles. The van der Waals surface area contributed by atoms with Crippen molar-refractivity contribution in [2.24, 2.45) is 5.92 Å². The Kier molecular flexibility index (Phi) is 4.69. The van der Waals surface area contributed by atoms with Gasteiger partial charge in [0.2, 0.25) is 0 Å². The number of likely N-dealkylation sites (tertiary alicyclic amines) is 1. The number of aromatic amines is 1. The van der Waals surface area contributed by atoms with E-state index < -0.39 is 0 Å². The molecule has 164 valence electrons. The van der Waals surface area contributed by atoms with E-state index in [1.807, 2.05) is 24.3 Å². The summed E-state index contributed by atoms with van der Waals surface area (Å²) in [4.78, 5) is 31.3. The Labute approximate surface area is 189 Å². The average Bonchev–Trinajstić information content (AvgIpc) is 3.40. The van der Waals surface area contributed by atoms with Crippen LogP contribution in [0.1, 0.15) is 23.5 Å². The fourth-order valence-electron chi connectivity index (χ4n) is 5.56. The third kappa shape index (κ3) is 3.11. The van der Waals surface area contributed by atoms with Crippen molar-refractivity contribution in [1.29, 1.82) is 0 Å². The second-order valence-corrected chi connectivity index (χ2v) is 9.97. The molecule has 0 amide bonds. The van der Waals surface area contributed by atoms with E-state index in [-0.39, 0.29) is 11.2 Å². The average molecular weight is 448 g/mol. The van der Waals surface area contributed by atoms with E-state index in [4.69, 9.17) is 4.74 Å². The maximum Gasteiger partial charge on any atom is 0.328 e. The lowest BCUT2D eigenvalue weighted by Crippen LogP contribution is -2.38. The number of nitrogens with zero attached hydrogens (tertiary/aromatic N) is 2. The van der Waals surface area contributed by atoms with Gasteiger partial charge in [0.1, 0.15) is 10.4 Å². The van der Waals surface area contributed by atoms with Gasteiger partial charge in [0, 0.05) is 42.2 Å². The third-order valence-electron chi connectivity index (χ3n) is 7.21. The number of aromatic nitrogens is 2. The Bertz CT molecular complexity index is 1450. The Balaban J connectivity index is 1.25. The Hall–Kier alpha value is -2.90. The first kappa shape index (κ1) is 19.8. The lowest BCUT2D eigenvalue weighted by molar-refractivity contribution is 0.303. The minimum Gasteiger partial charge on any atom is -0.497 e. The zero-order valence-electron chi connectivity index (χ0n) is 18.0. The molecule has 32 heavy (non-hydrogen) atoms. The Morgan fingerprint density at radius 2 is 2.00 bits per heavy atom. The van der Waals surface area contributed by atoms with Gasteiger partial charge in [0.25, 0.3) is 5.56 Å². The van der Waals surface area contributed by atoms with E-state index in [1.165, 1.54) is 33.5 Å². The highest BCUT2D eigenvalue weighted by molar-refractivity contribution is 7.25. The zero-order valence-corrected chi connectivity index (χ0v) is 18.8. The molecule has 7 heteroatoms. The summed E-state index contributed by atoms with van der Waals surface area (Å²) >= 11 is 1.45. The summed E-state index contributed by atoms with van der Waals surface area (Å²) in [6.45, 7) is 3.08. The van der Waals surface area contributed by atoms with Crippen LogP contribution >= 0.6 is 11.3 Å². The maximum atomic E-state index is 13.1. The molecular formula is C25H25N3O3S. The van der Waals surface area contributed by atoms with E-state index in [0.717, 1.165) is 35.3 Å². The van der Waals surface area contributed by atoms with Crippen molar-refractivity contribution in [3.05, 3.63) is 74.4 Å². The van der Waals surface area contributed by atoms with Crippen LogP contribution in [0.2, 0.25) is 0 Å². The number of ether oxygens (including phenoxy) is 1. The van der Waals surface area contributed by atoms with Crippen LogP contribution in [0.3, 0.4) is 0 Å². The normalized spacial score (nSPS) is 20.5. The highest BCUT2D eigenvalue weighted by Crippen LogP contribution is 2.42. The molecule has 3 heterocycles. The van der Waals surface area contributed by atoms with Gasteiger partial charge in [-0.3, -0.25) is 9.36 Å². The first-order valence-corrected chi connectivity index (χ1v) is 12.0. The molecule has 1 aliphatic carbocycles. The summed E-state index contributed by atoms with van der Waals surface area (Å²) in [5.41, 5.74) is 2.99. The maximum absolute atomic E-state index is 13.1. The summed E-state index contributed by atoms with van der Waals surface area (Å²) in [6.07, 6.45) is 2.30. The molecule has 2 aliphatic rings. The molecular weight excluding hydrogens is 422 g/mol. The van der Waals surface area contributed by atoms with Gasteiger partial charge in [-0.15, -0.1) is 11.3 Å². The molecule has 6 rings (SSSR count). The molecule has 0 spiro atoms. The van der Waals surface area contributed by atoms with Crippen molar-refractivity contribution in [2.75, 3.05) is 26.7 Å². The van der Waals surface area contributed by atoms with Crippen LogP contribution in [0.4, 0.5) is 0 Å². The largest absolute Gasteiger partial charge is 0.497 e. The van der Waals surface area contributed by atoms with Crippen LogP contribution in [0, 0.1) is 5.92 Å². The van der Waals surface area contributed by atoms with Crippen molar-refractivity contribution in [3.8, 4) is 5.75 Å². The molecule has 0 bridgehead atoms. The highest BCUT2D eigenvalue weighted by Gasteiger charge is 2.37. The number of aryl methyl sites for hydroxylation is 1. The molecule has 4 aromatic rings. The number of hydrogen-bond donors (Lipinski definition) is 1. The summed E-state index contributed by atoms with van der Waals surface area (Å²) in [6, 6.07) is 14.3. The van der Waals surface area contributed by atoms with Crippen LogP contribution in [-0.4, -0.2) is 41.2 Å². The summed E-state index contributed by atoms with van der Waals surface area (Å²) in [5.74, 6) is 2.03. The standard InChI is InChI=1S/C25H25N3O3S/c1-31-17-9-8-15-6-7-16-13-27(14-20(16)19(15)12-17)10-11-28-24(29)23-22(26-25(28)30)18-4-2-3-5-21(18)32-23/h2-5,8-9,12,16,20H,6-7,10-11,13-14H2,1H3,(H,26,30). The SMILES string of the molecule is COc1ccc2c(c1)C1CN(CCn3c(=O)[nH]c4c(sc5ccccc54)c3=O)CC1CC2. The second-order valence-electron chi connectivity index (χ2n) is 8.92. The van der Waals surface area contributed by atoms with Crippen molar-refractivity contribution in [2.45, 2.75) is 25.3 Å². The topological polar surface area (TPSA) is 67.3 Å². The number of rotatable bonds is 4. The van der Waals surface area contributed by atoms with E-state index >= 15 is 0 Å². The van der Waals surface area contributed by atoms with Crippen molar-refractivity contribution in [3.63, 3.8) is 0 Å². The van der Waals surface area contributed by atoms with E-state index in [0.29, 0.717) is 35.1 Å². The van der Waals surface area contributed by atoms with Gasteiger partial charge < -0.3 is 14.6 Å². The highest BCUT2D eigenvalue weighted by atomic mass is 32.1. The number of fused-ring (bicyclic) bond motifs is 6. The summed E-state index contributed by atoms with van der Waals surface area (Å²) in [5, 5.41) is 0.937. The van der Waals surface area contributed by atoms with Crippen molar-refractivity contribution in [1.82, 2.24) is 14.5 Å². The van der Waals surface area contributed by atoms with Gasteiger partial charge in [-0.2, -0.15) is 0 Å². The molecule has 2 atom stereocenters. The first-order valence-electron chi connectivity index (χ1n) is 11.2. The molecule has 1 fully saturated rings. The zero-order chi connectivity index (χ0) is 21.8. The van der Waals surface area contributed by atoms with Gasteiger partial charge >= 0.3 is 5.69 Å². The van der Waals surface area contributed by atoms with E-state index in [2.05, 4.69) is 28.1 Å². The molecule has 1 saturated heterocycles. The number of methoxy groups -OCH3 is 1. The van der Waals surface area contributed by atoms with Crippen LogP contribution < -0.4 is 16.0 Å². The second kappa shape index (κ2) is 7.60. The van der Waals surface area contributed by atoms with E-state index in [9.17, 15) is 9.59 Å². The minimum atomic E-state index is -0.322. The van der Waals surface area contributed by atoms with Crippen LogP contribution in [0.5, 0.6) is 5.75 Å². The van der Waals surface area contributed by atoms with Crippen molar-refractivity contribution < 1.29 is 4.74 Å². The predicted molar refractivity (Wildman–Crippen MR) is 128 cm³/mol. The predicted octanol–water partition coefficient (Wildman–Crippen LogP) is 3.57. The number of H-pyrrole nitrogens is 1. The third-order valence-corrected chi connectivity index (χ3v) is 8.36. The van der Waals surface area contributed by atoms with Crippen LogP contribution in [-0.2, 0) is 13.0 Å². The van der Waals surface area contributed by atoms with Gasteiger partial charge in [0.15, 0.2) is 0 Å². The lowest BCUT2D eigenvalue weighted by atomic mass is 9.77. The summed E-state index contributed by atoms with van der Waals surface area (Å²) < 4.78 is 8.47. The molecule has 2 aromatic heterocycles. The molecule has 1 aliphatic heterocycles. The van der Waals surface area contributed by atoms with Gasteiger partial charge in [-0.25, -0.2) is 4.79 Å². The smallest absolute Gasteiger partial charge is 0.328 e. The van der Waals surface area contributed by atoms with Gasteiger partial charge in [-0.05, 0) is 48.1 Å². The van der Waals surface area contributed by atoms with Crippen LogP contribution in [0.25, 0.3) is 20.3 Å². The van der Waals surface area contributed by atoms with Gasteiger partial charge in [0.05, 0.1) is 12.6 Å². The molecule has 2 aromatic carbocycles. The Morgan fingerprint density at radius 3 is 2.88 bits per heavy atom. The minimum absolute atomic E-state index is 0.184. The number of thiophene rings is 1. The first-order chi connectivity index (χ1) is 15.6. The number of nitrogens with one attached hydrogen (secondary N) is 1. The fourth-order valence-corrected chi connectivity index (χ4v) is 6.66. The van der Waals surface area contributed by atoms with Gasteiger partial charge in [-0.1, -0.05) is 24.3 Å².